The third-order valence-electron chi connectivity index (χ3n) is 7.56. The molecule has 1 N–H and O–H groups in total. The van der Waals surface area contributed by atoms with E-state index in [4.69, 9.17) is 16.3 Å². The Bertz CT molecular complexity index is 1860. The number of alkyl halides is 7. The van der Waals surface area contributed by atoms with E-state index in [0.29, 0.717) is 36.3 Å². The molecule has 0 radical (unpaired) electrons. The first-order valence-electron chi connectivity index (χ1n) is 15.2. The highest BCUT2D eigenvalue weighted by atomic mass is 35.5. The summed E-state index contributed by atoms with van der Waals surface area (Å²) >= 11 is 6.04. The number of aromatic nitrogens is 1. The Balaban J connectivity index is 1.83. The van der Waals surface area contributed by atoms with Crippen LogP contribution >= 0.6 is 11.6 Å². The van der Waals surface area contributed by atoms with E-state index < -0.39 is 70.7 Å². The molecule has 0 fully saturated rings. The molecule has 1 amide bonds. The van der Waals surface area contributed by atoms with Crippen molar-refractivity contribution in [3.8, 4) is 11.5 Å². The van der Waals surface area contributed by atoms with Crippen LogP contribution in [-0.2, 0) is 27.7 Å². The molecule has 0 spiro atoms. The molecule has 0 aliphatic rings. The molecule has 0 aliphatic heterocycles. The fraction of sp³-hybridized carbons (Fsp3) is 0.286. The van der Waals surface area contributed by atoms with E-state index in [1.54, 1.807) is 0 Å². The minimum absolute atomic E-state index is 0.0743. The van der Waals surface area contributed by atoms with E-state index in [9.17, 15) is 44.7 Å². The van der Waals surface area contributed by atoms with Crippen molar-refractivity contribution < 1.29 is 63.3 Å². The number of methoxy groups -OCH3 is 1. The summed E-state index contributed by atoms with van der Waals surface area (Å²) in [6.45, 7) is 0.220. The zero-order valence-corrected chi connectivity index (χ0v) is 27.6. The van der Waals surface area contributed by atoms with Gasteiger partial charge in [0.05, 0.1) is 30.0 Å². The summed E-state index contributed by atoms with van der Waals surface area (Å²) in [6, 6.07) is 11.8. The zero-order valence-electron chi connectivity index (χ0n) is 26.9. The summed E-state index contributed by atoms with van der Waals surface area (Å²) in [7, 11) is 1.27. The maximum Gasteiger partial charge on any atom is 0.461 e. The number of benzene rings is 3. The van der Waals surface area contributed by atoms with Crippen molar-refractivity contribution in [2.24, 2.45) is 0 Å². The van der Waals surface area contributed by atoms with Crippen LogP contribution in [0.1, 0.15) is 52.0 Å². The summed E-state index contributed by atoms with van der Waals surface area (Å²) < 4.78 is 138. The zero-order chi connectivity index (χ0) is 38.3. The Hall–Kier alpha value is -4.99. The van der Waals surface area contributed by atoms with Crippen LogP contribution < -0.4 is 14.8 Å². The second-order valence-electron chi connectivity index (χ2n) is 11.3. The molecule has 52 heavy (non-hydrogen) atoms. The van der Waals surface area contributed by atoms with Gasteiger partial charge in [0.15, 0.2) is 0 Å². The molecule has 4 aromatic rings. The maximum atomic E-state index is 15.2. The number of esters is 1. The Morgan fingerprint density at radius 3 is 2.21 bits per heavy atom. The number of amides is 1. The highest BCUT2D eigenvalue weighted by molar-refractivity contribution is 6.30. The Kier molecular flexibility index (Phi) is 12.7. The standard InChI is InChI=1S/C35H28ClF9N2O5/c1-50-30(48)4-2-3-13-51-25-9-5-20(6-10-25)18-33(29-12-8-23(36)19-46-29,22-15-24(37)17-26(16-22)52-35(44,45)32(39)40)47-31(49)21-7-11-28(38)27(14-21)34(41,42)43/h5-12,14-17,19,32H,2-4,13,18H2,1H3,(H,47,49). The molecule has 278 valence electrons. The second kappa shape index (κ2) is 16.6. The summed E-state index contributed by atoms with van der Waals surface area (Å²) in [5.74, 6) is -5.35. The molecule has 1 unspecified atom stereocenters. The van der Waals surface area contributed by atoms with Crippen LogP contribution in [0.2, 0.25) is 5.02 Å². The molecule has 3 aromatic carbocycles. The van der Waals surface area contributed by atoms with Crippen LogP contribution in [0.25, 0.3) is 0 Å². The molecule has 0 aliphatic carbocycles. The summed E-state index contributed by atoms with van der Waals surface area (Å²) in [6.07, 6.45) is -12.7. The fourth-order valence-corrected chi connectivity index (χ4v) is 5.15. The van der Waals surface area contributed by atoms with Crippen molar-refractivity contribution in [3.63, 3.8) is 0 Å². The average Bonchev–Trinajstić information content (AvgIpc) is 3.07. The van der Waals surface area contributed by atoms with Crippen LogP contribution in [0.5, 0.6) is 11.5 Å². The monoisotopic (exact) mass is 762 g/mol. The van der Waals surface area contributed by atoms with E-state index in [1.807, 2.05) is 0 Å². The second-order valence-corrected chi connectivity index (χ2v) is 11.7. The van der Waals surface area contributed by atoms with Crippen molar-refractivity contribution >= 4 is 23.5 Å². The molecular weight excluding hydrogens is 735 g/mol. The van der Waals surface area contributed by atoms with Gasteiger partial charge >= 0.3 is 24.7 Å². The third kappa shape index (κ3) is 10.1. The number of nitrogens with one attached hydrogen (secondary N) is 1. The molecule has 1 aromatic heterocycles. The largest absolute Gasteiger partial charge is 0.494 e. The van der Waals surface area contributed by atoms with E-state index in [2.05, 4.69) is 19.8 Å². The molecule has 0 saturated carbocycles. The van der Waals surface area contributed by atoms with Crippen LogP contribution in [0.4, 0.5) is 39.5 Å². The molecule has 0 saturated heterocycles. The van der Waals surface area contributed by atoms with Gasteiger partial charge in [-0.2, -0.15) is 30.7 Å². The Labute approximate surface area is 295 Å². The molecule has 1 heterocycles. The maximum absolute atomic E-state index is 15.2. The number of hydrogen-bond donors (Lipinski definition) is 1. The first-order chi connectivity index (χ1) is 24.4. The molecule has 1 atom stereocenters. The van der Waals surface area contributed by atoms with Gasteiger partial charge < -0.3 is 19.5 Å². The Morgan fingerprint density at radius 1 is 0.885 bits per heavy atom. The van der Waals surface area contributed by atoms with Crippen molar-refractivity contribution in [1.29, 1.82) is 0 Å². The first-order valence-corrected chi connectivity index (χ1v) is 15.6. The minimum Gasteiger partial charge on any atom is -0.494 e. The SMILES string of the molecule is COC(=O)CCCCOc1ccc(CC(NC(=O)c2ccc(F)c(C(F)(F)F)c2)(c2cc(F)cc(OC(F)(F)C(F)F)c2)c2ccc(Cl)cn2)cc1. The van der Waals surface area contributed by atoms with Crippen LogP contribution in [-0.4, -0.2) is 43.1 Å². The van der Waals surface area contributed by atoms with E-state index in [0.717, 1.165) is 24.4 Å². The molecule has 7 nitrogen and oxygen atoms in total. The molecular formula is C35H28ClF9N2O5. The fourth-order valence-electron chi connectivity index (χ4n) is 5.04. The number of ether oxygens (including phenoxy) is 3. The summed E-state index contributed by atoms with van der Waals surface area (Å²) in [4.78, 5) is 29.3. The van der Waals surface area contributed by atoms with Gasteiger partial charge in [0.25, 0.3) is 5.91 Å². The van der Waals surface area contributed by atoms with E-state index in [-0.39, 0.29) is 35.8 Å². The van der Waals surface area contributed by atoms with Gasteiger partial charge in [0, 0.05) is 30.7 Å². The Morgan fingerprint density at radius 2 is 1.60 bits per heavy atom. The first kappa shape index (κ1) is 39.8. The van der Waals surface area contributed by atoms with E-state index >= 15 is 4.39 Å². The predicted molar refractivity (Wildman–Crippen MR) is 168 cm³/mol. The predicted octanol–water partition coefficient (Wildman–Crippen LogP) is 8.91. The van der Waals surface area contributed by atoms with Crippen molar-refractivity contribution in [3.05, 3.63) is 124 Å². The van der Waals surface area contributed by atoms with Crippen molar-refractivity contribution in [2.45, 2.75) is 49.9 Å². The van der Waals surface area contributed by atoms with Gasteiger partial charge in [-0.1, -0.05) is 23.7 Å². The quantitative estimate of drug-likeness (QED) is 0.0740. The topological polar surface area (TPSA) is 86.8 Å². The van der Waals surface area contributed by atoms with Gasteiger partial charge in [-0.15, -0.1) is 0 Å². The van der Waals surface area contributed by atoms with Gasteiger partial charge in [-0.25, -0.2) is 8.78 Å². The highest BCUT2D eigenvalue weighted by Crippen LogP contribution is 2.38. The van der Waals surface area contributed by atoms with Gasteiger partial charge in [-0.3, -0.25) is 14.6 Å². The van der Waals surface area contributed by atoms with Gasteiger partial charge in [0.2, 0.25) is 0 Å². The van der Waals surface area contributed by atoms with Crippen LogP contribution in [0.3, 0.4) is 0 Å². The van der Waals surface area contributed by atoms with Gasteiger partial charge in [0.1, 0.15) is 28.7 Å². The molecule has 4 rings (SSSR count). The lowest BCUT2D eigenvalue weighted by Crippen LogP contribution is -2.49. The minimum atomic E-state index is -5.20. The number of hydrogen-bond acceptors (Lipinski definition) is 6. The smallest absolute Gasteiger partial charge is 0.461 e. The molecule has 17 heteroatoms. The lowest BCUT2D eigenvalue weighted by molar-refractivity contribution is -0.253. The van der Waals surface area contributed by atoms with Crippen molar-refractivity contribution in [1.82, 2.24) is 10.3 Å². The van der Waals surface area contributed by atoms with Crippen LogP contribution in [0, 0.1) is 11.6 Å². The average molecular weight is 763 g/mol. The lowest BCUT2D eigenvalue weighted by Gasteiger charge is -2.36. The normalized spacial score (nSPS) is 13.0. The lowest BCUT2D eigenvalue weighted by atomic mass is 9.80. The number of nitrogens with zero attached hydrogens (tertiary/aromatic N) is 1. The van der Waals surface area contributed by atoms with Crippen molar-refractivity contribution in [2.75, 3.05) is 13.7 Å². The number of pyridine rings is 1. The molecule has 0 bridgehead atoms. The number of carbonyl (C=O) groups is 2. The summed E-state index contributed by atoms with van der Waals surface area (Å²) in [5.41, 5.74) is -4.90. The summed E-state index contributed by atoms with van der Waals surface area (Å²) in [5, 5.41) is 2.58. The third-order valence-corrected chi connectivity index (χ3v) is 7.79. The highest BCUT2D eigenvalue weighted by Gasteiger charge is 2.45. The van der Waals surface area contributed by atoms with E-state index in [1.165, 1.54) is 43.5 Å². The van der Waals surface area contributed by atoms with Crippen LogP contribution in [0.15, 0.2) is 79.0 Å². The number of unbranched alkanes of at least 4 members (excludes halogenated alkanes) is 1. The number of carbonyl (C=O) groups excluding carboxylic acids is 2. The number of rotatable bonds is 15. The van der Waals surface area contributed by atoms with Gasteiger partial charge in [-0.05, 0) is 78.6 Å². The number of halogens is 10.